The summed E-state index contributed by atoms with van der Waals surface area (Å²) in [6.07, 6.45) is 4.29. The smallest absolute Gasteiger partial charge is 0.196 e. The molecule has 0 fully saturated rings. The van der Waals surface area contributed by atoms with Crippen molar-refractivity contribution in [3.63, 3.8) is 0 Å². The largest absolute Gasteiger partial charge is 0.396 e. The second-order valence-corrected chi connectivity index (χ2v) is 7.08. The molecule has 5 nitrogen and oxygen atoms in total. The highest BCUT2D eigenvalue weighted by Gasteiger charge is 2.19. The fourth-order valence-corrected chi connectivity index (χ4v) is 3.54. The Morgan fingerprint density at radius 2 is 1.96 bits per heavy atom. The minimum absolute atomic E-state index is 0.180. The molecule has 0 spiro atoms. The van der Waals surface area contributed by atoms with Gasteiger partial charge in [-0.3, -0.25) is 9.55 Å². The summed E-state index contributed by atoms with van der Waals surface area (Å²) in [7, 11) is 0. The molecule has 0 aliphatic rings. The molecular formula is C19H22N4OS. The zero-order valence-electron chi connectivity index (χ0n) is 14.5. The Labute approximate surface area is 152 Å². The highest BCUT2D eigenvalue weighted by Crippen LogP contribution is 2.31. The summed E-state index contributed by atoms with van der Waals surface area (Å²) in [6.45, 7) is 4.55. The summed E-state index contributed by atoms with van der Waals surface area (Å²) in [5, 5.41) is 18.7. The number of benzene rings is 1. The van der Waals surface area contributed by atoms with Gasteiger partial charge in [0, 0.05) is 30.3 Å². The van der Waals surface area contributed by atoms with Crippen molar-refractivity contribution in [3.8, 4) is 17.1 Å². The Bertz CT molecular complexity index is 817. The van der Waals surface area contributed by atoms with Crippen LogP contribution in [0.5, 0.6) is 0 Å². The van der Waals surface area contributed by atoms with Gasteiger partial charge in [-0.15, -0.1) is 10.2 Å². The highest BCUT2D eigenvalue weighted by molar-refractivity contribution is 7.99. The van der Waals surface area contributed by atoms with Gasteiger partial charge in [0.15, 0.2) is 11.0 Å². The van der Waals surface area contributed by atoms with Gasteiger partial charge in [-0.2, -0.15) is 0 Å². The summed E-state index contributed by atoms with van der Waals surface area (Å²) in [6, 6.07) is 12.3. The Morgan fingerprint density at radius 1 is 1.12 bits per heavy atom. The zero-order valence-corrected chi connectivity index (χ0v) is 15.3. The van der Waals surface area contributed by atoms with E-state index in [2.05, 4.69) is 51.8 Å². The van der Waals surface area contributed by atoms with Crippen LogP contribution in [0.25, 0.3) is 17.1 Å². The molecule has 130 valence electrons. The number of aliphatic hydroxyl groups excluding tert-OH is 1. The molecule has 0 atom stereocenters. The van der Waals surface area contributed by atoms with Gasteiger partial charge in [0.2, 0.25) is 0 Å². The lowest BCUT2D eigenvalue weighted by molar-refractivity contribution is 0.296. The first-order chi connectivity index (χ1) is 12.2. The molecule has 0 unspecified atom stereocenters. The number of aliphatic hydroxyl groups is 1. The van der Waals surface area contributed by atoms with E-state index in [0.29, 0.717) is 5.92 Å². The van der Waals surface area contributed by atoms with Crippen LogP contribution in [-0.4, -0.2) is 37.2 Å². The van der Waals surface area contributed by atoms with Crippen molar-refractivity contribution < 1.29 is 5.11 Å². The van der Waals surface area contributed by atoms with E-state index in [-0.39, 0.29) is 6.61 Å². The standard InChI is InChI=1S/C19H22N4OS/c1-14(2)16-8-3-4-9-17(16)23-18(15-7-5-10-20-13-15)21-22-19(23)25-12-6-11-24/h3-5,7-10,13-14,24H,6,11-12H2,1-2H3. The molecular weight excluding hydrogens is 332 g/mol. The maximum Gasteiger partial charge on any atom is 0.196 e. The van der Waals surface area contributed by atoms with Crippen molar-refractivity contribution in [1.29, 1.82) is 0 Å². The molecule has 0 saturated heterocycles. The van der Waals surface area contributed by atoms with Gasteiger partial charge in [-0.1, -0.05) is 43.8 Å². The molecule has 0 aliphatic heterocycles. The van der Waals surface area contributed by atoms with E-state index in [1.807, 2.05) is 18.2 Å². The number of nitrogens with zero attached hydrogens (tertiary/aromatic N) is 4. The van der Waals surface area contributed by atoms with E-state index in [4.69, 9.17) is 5.11 Å². The highest BCUT2D eigenvalue weighted by atomic mass is 32.2. The van der Waals surface area contributed by atoms with Gasteiger partial charge in [-0.25, -0.2) is 0 Å². The molecule has 3 aromatic rings. The average Bonchev–Trinajstić information content (AvgIpc) is 3.06. The van der Waals surface area contributed by atoms with Crippen molar-refractivity contribution in [2.24, 2.45) is 0 Å². The molecule has 2 aromatic heterocycles. The van der Waals surface area contributed by atoms with Crippen LogP contribution in [0.3, 0.4) is 0 Å². The van der Waals surface area contributed by atoms with Crippen molar-refractivity contribution in [3.05, 3.63) is 54.4 Å². The van der Waals surface area contributed by atoms with E-state index >= 15 is 0 Å². The number of hydrogen-bond acceptors (Lipinski definition) is 5. The quantitative estimate of drug-likeness (QED) is 0.514. The van der Waals surface area contributed by atoms with Crippen molar-refractivity contribution in [1.82, 2.24) is 19.7 Å². The molecule has 6 heteroatoms. The molecule has 25 heavy (non-hydrogen) atoms. The number of hydrogen-bond donors (Lipinski definition) is 1. The van der Waals surface area contributed by atoms with Gasteiger partial charge in [0.1, 0.15) is 0 Å². The first-order valence-electron chi connectivity index (χ1n) is 8.41. The topological polar surface area (TPSA) is 63.8 Å². The maximum absolute atomic E-state index is 9.07. The molecule has 1 aromatic carbocycles. The Morgan fingerprint density at radius 3 is 2.68 bits per heavy atom. The third kappa shape index (κ3) is 3.91. The molecule has 1 N–H and O–H groups in total. The number of pyridine rings is 1. The van der Waals surface area contributed by atoms with Crippen LogP contribution in [0.15, 0.2) is 53.9 Å². The molecule has 0 aliphatic carbocycles. The summed E-state index contributed by atoms with van der Waals surface area (Å²) in [5.74, 6) is 1.97. The third-order valence-electron chi connectivity index (χ3n) is 3.89. The Balaban J connectivity index is 2.13. The average molecular weight is 354 g/mol. The first kappa shape index (κ1) is 17.6. The van der Waals surface area contributed by atoms with E-state index in [1.165, 1.54) is 5.56 Å². The normalized spacial score (nSPS) is 11.2. The van der Waals surface area contributed by atoms with Crippen LogP contribution in [0.2, 0.25) is 0 Å². The molecule has 3 rings (SSSR count). The Hall–Kier alpha value is -2.18. The third-order valence-corrected chi connectivity index (χ3v) is 4.90. The van der Waals surface area contributed by atoms with Crippen molar-refractivity contribution in [2.45, 2.75) is 31.3 Å². The predicted octanol–water partition coefficient (Wildman–Crippen LogP) is 3.93. The lowest BCUT2D eigenvalue weighted by Crippen LogP contribution is -2.05. The number of thioether (sulfide) groups is 1. The Kier molecular flexibility index (Phi) is 5.83. The molecule has 0 radical (unpaired) electrons. The van der Waals surface area contributed by atoms with Gasteiger partial charge < -0.3 is 5.11 Å². The van der Waals surface area contributed by atoms with Crippen LogP contribution >= 0.6 is 11.8 Å². The SMILES string of the molecule is CC(C)c1ccccc1-n1c(SCCCO)nnc1-c1cccnc1. The van der Waals surface area contributed by atoms with Crippen LogP contribution < -0.4 is 0 Å². The van der Waals surface area contributed by atoms with Crippen LogP contribution in [0, 0.1) is 0 Å². The van der Waals surface area contributed by atoms with E-state index < -0.39 is 0 Å². The summed E-state index contributed by atoms with van der Waals surface area (Å²) in [4.78, 5) is 4.22. The van der Waals surface area contributed by atoms with E-state index in [1.54, 1.807) is 24.2 Å². The maximum atomic E-state index is 9.07. The summed E-state index contributed by atoms with van der Waals surface area (Å²) < 4.78 is 2.11. The van der Waals surface area contributed by atoms with Crippen LogP contribution in [0.4, 0.5) is 0 Å². The number of para-hydroxylation sites is 1. The zero-order chi connectivity index (χ0) is 17.6. The first-order valence-corrected chi connectivity index (χ1v) is 9.39. The monoisotopic (exact) mass is 354 g/mol. The molecule has 0 bridgehead atoms. The lowest BCUT2D eigenvalue weighted by Gasteiger charge is -2.16. The number of aromatic nitrogens is 4. The molecule has 0 amide bonds. The minimum atomic E-state index is 0.180. The molecule has 0 saturated carbocycles. The summed E-state index contributed by atoms with van der Waals surface area (Å²) in [5.41, 5.74) is 3.27. The van der Waals surface area contributed by atoms with Gasteiger partial charge in [0.25, 0.3) is 0 Å². The van der Waals surface area contributed by atoms with Crippen LogP contribution in [-0.2, 0) is 0 Å². The fourth-order valence-electron chi connectivity index (χ4n) is 2.67. The second-order valence-electron chi connectivity index (χ2n) is 6.02. The van der Waals surface area contributed by atoms with Gasteiger partial charge >= 0.3 is 0 Å². The minimum Gasteiger partial charge on any atom is -0.396 e. The van der Waals surface area contributed by atoms with Crippen molar-refractivity contribution in [2.75, 3.05) is 12.4 Å². The number of rotatable bonds is 7. The summed E-state index contributed by atoms with van der Waals surface area (Å²) >= 11 is 1.61. The lowest BCUT2D eigenvalue weighted by atomic mass is 10.0. The van der Waals surface area contributed by atoms with Crippen molar-refractivity contribution >= 4 is 11.8 Å². The van der Waals surface area contributed by atoms with Crippen LogP contribution in [0.1, 0.15) is 31.7 Å². The second kappa shape index (κ2) is 8.27. The predicted molar refractivity (Wildman–Crippen MR) is 101 cm³/mol. The fraction of sp³-hybridized carbons (Fsp3) is 0.316. The van der Waals surface area contributed by atoms with Gasteiger partial charge in [-0.05, 0) is 36.1 Å². The molecule has 2 heterocycles. The van der Waals surface area contributed by atoms with E-state index in [9.17, 15) is 0 Å². The van der Waals surface area contributed by atoms with Gasteiger partial charge in [0.05, 0.1) is 5.69 Å². The van der Waals surface area contributed by atoms with E-state index in [0.717, 1.165) is 34.4 Å².